The minimum Gasteiger partial charge on any atom is -0.389 e. The van der Waals surface area contributed by atoms with E-state index < -0.39 is 28.1 Å². The number of aliphatic hydroxyl groups excluding tert-OH is 1. The maximum absolute atomic E-state index is 11.5. The van der Waals surface area contributed by atoms with Gasteiger partial charge in [-0.3, -0.25) is 25.1 Å². The molecule has 1 heterocycles. The number of hydrogen-bond acceptors (Lipinski definition) is 7. The molecule has 0 aliphatic carbocycles. The van der Waals surface area contributed by atoms with Crippen LogP contribution in [-0.4, -0.2) is 69.3 Å². The van der Waals surface area contributed by atoms with Crippen molar-refractivity contribution in [1.29, 1.82) is 0 Å². The van der Waals surface area contributed by atoms with Gasteiger partial charge in [0.15, 0.2) is 0 Å². The minimum absolute atomic E-state index is 0.0575. The van der Waals surface area contributed by atoms with Crippen LogP contribution in [0.1, 0.15) is 53.4 Å². The van der Waals surface area contributed by atoms with Gasteiger partial charge in [0.1, 0.15) is 6.61 Å². The first-order chi connectivity index (χ1) is 11.6. The largest absolute Gasteiger partial charge is 0.389 e. The van der Waals surface area contributed by atoms with Gasteiger partial charge in [-0.1, -0.05) is 13.8 Å². The molecule has 2 N–H and O–H groups in total. The Morgan fingerprint density at radius 3 is 2.36 bits per heavy atom. The molecule has 0 bridgehead atoms. The number of aliphatic hydroxyl groups is 1. The molecule has 1 saturated heterocycles. The van der Waals surface area contributed by atoms with Crippen LogP contribution in [0, 0.1) is 20.2 Å². The second-order valence-electron chi connectivity index (χ2n) is 7.88. The molecule has 1 rings (SSSR count). The Hall–Kier alpha value is -1.32. The van der Waals surface area contributed by atoms with Crippen molar-refractivity contribution < 1.29 is 15.0 Å². The Morgan fingerprint density at radius 2 is 1.92 bits per heavy atom. The van der Waals surface area contributed by atoms with Crippen LogP contribution in [0.2, 0.25) is 0 Å². The Balaban J connectivity index is 2.74. The second-order valence-corrected chi connectivity index (χ2v) is 7.88. The van der Waals surface area contributed by atoms with Gasteiger partial charge in [0, 0.05) is 41.2 Å². The molecule has 1 aliphatic heterocycles. The topological polar surface area (TPSA) is 122 Å². The monoisotopic (exact) mass is 360 g/mol. The van der Waals surface area contributed by atoms with Crippen LogP contribution >= 0.6 is 0 Å². The van der Waals surface area contributed by atoms with E-state index in [0.717, 1.165) is 13.0 Å². The third-order valence-electron chi connectivity index (χ3n) is 5.53. The van der Waals surface area contributed by atoms with Crippen molar-refractivity contribution >= 4 is 0 Å². The number of hydrogen-bond donors (Lipinski definition) is 2. The molecule has 0 saturated carbocycles. The SMILES string of the molecule is CCC(CO)(CNC(C)(C)CN1CCCC(CC)([N+](=O)[O-])C1)[N+](=O)[O-]. The summed E-state index contributed by atoms with van der Waals surface area (Å²) in [5, 5.41) is 35.5. The summed E-state index contributed by atoms with van der Waals surface area (Å²) in [7, 11) is 0. The van der Waals surface area contributed by atoms with Crippen molar-refractivity contribution in [2.45, 2.75) is 70.0 Å². The van der Waals surface area contributed by atoms with Crippen LogP contribution in [0.3, 0.4) is 0 Å². The van der Waals surface area contributed by atoms with Crippen molar-refractivity contribution in [2.24, 2.45) is 0 Å². The average molecular weight is 360 g/mol. The van der Waals surface area contributed by atoms with E-state index in [-0.39, 0.29) is 17.9 Å². The summed E-state index contributed by atoms with van der Waals surface area (Å²) in [6.07, 6.45) is 2.08. The predicted octanol–water partition coefficient (Wildman–Crippen LogP) is 1.29. The van der Waals surface area contributed by atoms with E-state index in [1.54, 1.807) is 6.92 Å². The van der Waals surface area contributed by atoms with Gasteiger partial charge >= 0.3 is 0 Å². The first-order valence-electron chi connectivity index (χ1n) is 8.94. The van der Waals surface area contributed by atoms with Gasteiger partial charge in [0.05, 0.1) is 13.1 Å². The van der Waals surface area contributed by atoms with E-state index in [1.165, 1.54) is 0 Å². The zero-order chi connectivity index (χ0) is 19.3. The summed E-state index contributed by atoms with van der Waals surface area (Å²) in [4.78, 5) is 24.3. The molecule has 1 aliphatic rings. The van der Waals surface area contributed by atoms with Crippen LogP contribution in [0.15, 0.2) is 0 Å². The highest BCUT2D eigenvalue weighted by Gasteiger charge is 2.46. The average Bonchev–Trinajstić information content (AvgIpc) is 2.55. The molecule has 0 amide bonds. The summed E-state index contributed by atoms with van der Waals surface area (Å²) in [6, 6.07) is 0. The van der Waals surface area contributed by atoms with Crippen LogP contribution in [-0.2, 0) is 0 Å². The molecule has 0 aromatic rings. The molecule has 2 atom stereocenters. The van der Waals surface area contributed by atoms with Gasteiger partial charge in [0.2, 0.25) is 5.54 Å². The van der Waals surface area contributed by atoms with Crippen LogP contribution in [0.4, 0.5) is 0 Å². The number of nitro groups is 2. The van der Waals surface area contributed by atoms with Crippen molar-refractivity contribution in [1.82, 2.24) is 10.2 Å². The number of likely N-dealkylation sites (tertiary alicyclic amines) is 1. The normalized spacial score (nSPS) is 24.7. The smallest absolute Gasteiger partial charge is 0.256 e. The lowest BCUT2D eigenvalue weighted by Crippen LogP contribution is -2.60. The Labute approximate surface area is 149 Å². The first-order valence-corrected chi connectivity index (χ1v) is 8.94. The van der Waals surface area contributed by atoms with Crippen molar-refractivity contribution in [3.8, 4) is 0 Å². The molecule has 146 valence electrons. The second kappa shape index (κ2) is 8.37. The van der Waals surface area contributed by atoms with E-state index in [0.29, 0.717) is 25.9 Å². The summed E-state index contributed by atoms with van der Waals surface area (Å²) in [5.74, 6) is 0. The van der Waals surface area contributed by atoms with Crippen LogP contribution in [0.25, 0.3) is 0 Å². The zero-order valence-corrected chi connectivity index (χ0v) is 15.8. The van der Waals surface area contributed by atoms with Crippen molar-refractivity contribution in [2.75, 3.05) is 32.8 Å². The number of nitrogens with zero attached hydrogens (tertiary/aromatic N) is 3. The van der Waals surface area contributed by atoms with Gasteiger partial charge < -0.3 is 10.4 Å². The lowest BCUT2D eigenvalue weighted by molar-refractivity contribution is -0.575. The van der Waals surface area contributed by atoms with Gasteiger partial charge in [-0.2, -0.15) is 0 Å². The Bertz CT molecular complexity index is 481. The fourth-order valence-electron chi connectivity index (χ4n) is 3.47. The molecule has 9 heteroatoms. The highest BCUT2D eigenvalue weighted by Crippen LogP contribution is 2.28. The first kappa shape index (κ1) is 21.7. The highest BCUT2D eigenvalue weighted by atomic mass is 16.6. The van der Waals surface area contributed by atoms with E-state index in [4.69, 9.17) is 0 Å². The summed E-state index contributed by atoms with van der Waals surface area (Å²) >= 11 is 0. The van der Waals surface area contributed by atoms with Crippen molar-refractivity contribution in [3.05, 3.63) is 20.2 Å². The fraction of sp³-hybridized carbons (Fsp3) is 1.00. The quantitative estimate of drug-likeness (QED) is 0.445. The molecule has 0 spiro atoms. The molecule has 2 unspecified atom stereocenters. The van der Waals surface area contributed by atoms with E-state index in [2.05, 4.69) is 10.2 Å². The molecule has 1 fully saturated rings. The van der Waals surface area contributed by atoms with Crippen molar-refractivity contribution in [3.63, 3.8) is 0 Å². The molecule has 9 nitrogen and oxygen atoms in total. The van der Waals surface area contributed by atoms with E-state index >= 15 is 0 Å². The molecular weight excluding hydrogens is 328 g/mol. The number of rotatable bonds is 10. The van der Waals surface area contributed by atoms with Crippen LogP contribution in [0.5, 0.6) is 0 Å². The Kier molecular flexibility index (Phi) is 7.28. The zero-order valence-electron chi connectivity index (χ0n) is 15.8. The van der Waals surface area contributed by atoms with Gasteiger partial charge in [-0.15, -0.1) is 0 Å². The van der Waals surface area contributed by atoms with E-state index in [1.807, 2.05) is 20.8 Å². The predicted molar refractivity (Wildman–Crippen MR) is 94.9 cm³/mol. The standard InChI is InChI=1S/C16H32N4O5/c1-5-15(19(22)23)8-7-9-18(12-15)11-14(3,4)17-10-16(6-2,13-21)20(24)25/h17,21H,5-13H2,1-4H3. The summed E-state index contributed by atoms with van der Waals surface area (Å²) in [5.41, 5.74) is -2.75. The molecule has 0 aromatic carbocycles. The lowest BCUT2D eigenvalue weighted by Gasteiger charge is -2.40. The number of nitrogens with one attached hydrogen (secondary N) is 1. The van der Waals surface area contributed by atoms with Crippen LogP contribution < -0.4 is 5.32 Å². The lowest BCUT2D eigenvalue weighted by atomic mass is 9.86. The number of piperidine rings is 1. The van der Waals surface area contributed by atoms with Gasteiger partial charge in [0.25, 0.3) is 5.54 Å². The van der Waals surface area contributed by atoms with Gasteiger partial charge in [-0.25, -0.2) is 0 Å². The third-order valence-corrected chi connectivity index (χ3v) is 5.53. The summed E-state index contributed by atoms with van der Waals surface area (Å²) in [6.45, 7) is 8.68. The minimum atomic E-state index is -1.40. The third kappa shape index (κ3) is 5.08. The summed E-state index contributed by atoms with van der Waals surface area (Å²) < 4.78 is 0. The Morgan fingerprint density at radius 1 is 1.28 bits per heavy atom. The maximum Gasteiger partial charge on any atom is 0.256 e. The fourth-order valence-corrected chi connectivity index (χ4v) is 3.47. The highest BCUT2D eigenvalue weighted by molar-refractivity contribution is 4.92. The van der Waals surface area contributed by atoms with E-state index in [9.17, 15) is 25.3 Å². The molecule has 25 heavy (non-hydrogen) atoms. The molecule has 0 radical (unpaired) electrons. The van der Waals surface area contributed by atoms with Gasteiger partial charge in [-0.05, 0) is 26.8 Å². The molecule has 0 aromatic heterocycles. The molecular formula is C16H32N4O5. The maximum atomic E-state index is 11.5.